The highest BCUT2D eigenvalue weighted by molar-refractivity contribution is 5.92. The first kappa shape index (κ1) is 13.7. The predicted molar refractivity (Wildman–Crippen MR) is 65.9 cm³/mol. The summed E-state index contributed by atoms with van der Waals surface area (Å²) in [5.41, 5.74) is 5.64. The van der Waals surface area contributed by atoms with Crippen molar-refractivity contribution >= 4 is 18.3 Å². The Kier molecular flexibility index (Phi) is 5.18. The van der Waals surface area contributed by atoms with Gasteiger partial charge in [-0.3, -0.25) is 4.79 Å². The lowest BCUT2D eigenvalue weighted by molar-refractivity contribution is 0.0937. The molecular formula is C11H16ClN3O2. The van der Waals surface area contributed by atoms with Crippen LogP contribution in [-0.4, -0.2) is 16.9 Å². The zero-order valence-electron chi connectivity index (χ0n) is 9.39. The van der Waals surface area contributed by atoms with Gasteiger partial charge in [0, 0.05) is 6.04 Å². The summed E-state index contributed by atoms with van der Waals surface area (Å²) in [6.07, 6.45) is 8.61. The van der Waals surface area contributed by atoms with E-state index >= 15 is 0 Å². The second kappa shape index (κ2) is 6.42. The number of rotatable bonds is 3. The summed E-state index contributed by atoms with van der Waals surface area (Å²) in [5.74, 6) is 0.171. The molecule has 1 heterocycles. The van der Waals surface area contributed by atoms with Gasteiger partial charge in [-0.15, -0.1) is 12.4 Å². The Morgan fingerprint density at radius 1 is 1.65 bits per heavy atom. The molecule has 2 rings (SSSR count). The third-order valence-electron chi connectivity index (χ3n) is 2.53. The van der Waals surface area contributed by atoms with Crippen molar-refractivity contribution in [3.05, 3.63) is 30.0 Å². The van der Waals surface area contributed by atoms with E-state index in [0.29, 0.717) is 11.6 Å². The van der Waals surface area contributed by atoms with Crippen molar-refractivity contribution in [3.8, 4) is 0 Å². The van der Waals surface area contributed by atoms with E-state index in [1.807, 2.05) is 6.08 Å². The van der Waals surface area contributed by atoms with Crippen molar-refractivity contribution in [1.29, 1.82) is 0 Å². The average molecular weight is 258 g/mol. The van der Waals surface area contributed by atoms with Crippen LogP contribution in [0.25, 0.3) is 0 Å². The molecule has 0 aromatic carbocycles. The number of carbonyl (C=O) groups is 1. The van der Waals surface area contributed by atoms with Crippen LogP contribution in [0.4, 0.5) is 0 Å². The largest absolute Gasteiger partial charge is 0.447 e. The number of carbonyl (C=O) groups excluding carboxylic acids is 1. The Morgan fingerprint density at radius 3 is 3.06 bits per heavy atom. The number of hydrogen-bond donors (Lipinski definition) is 2. The molecule has 1 unspecified atom stereocenters. The second-order valence-corrected chi connectivity index (χ2v) is 3.77. The van der Waals surface area contributed by atoms with Crippen LogP contribution >= 0.6 is 12.4 Å². The number of hydrogen-bond acceptors (Lipinski definition) is 4. The number of nitrogens with zero attached hydrogens (tertiary/aromatic N) is 1. The number of allylic oxidation sites excluding steroid dienone is 1. The van der Waals surface area contributed by atoms with Crippen LogP contribution in [0.3, 0.4) is 0 Å². The minimum absolute atomic E-state index is 0. The van der Waals surface area contributed by atoms with E-state index in [1.165, 1.54) is 6.26 Å². The van der Waals surface area contributed by atoms with Crippen molar-refractivity contribution < 1.29 is 9.21 Å². The van der Waals surface area contributed by atoms with Gasteiger partial charge in [-0.25, -0.2) is 4.98 Å². The third-order valence-corrected chi connectivity index (χ3v) is 2.53. The minimum Gasteiger partial charge on any atom is -0.447 e. The highest BCUT2D eigenvalue weighted by atomic mass is 35.5. The maximum absolute atomic E-state index is 11.7. The van der Waals surface area contributed by atoms with Crippen molar-refractivity contribution in [2.24, 2.45) is 5.73 Å². The van der Waals surface area contributed by atoms with Crippen molar-refractivity contribution in [2.45, 2.75) is 31.8 Å². The molecule has 94 valence electrons. The Labute approximate surface area is 106 Å². The van der Waals surface area contributed by atoms with E-state index in [1.54, 1.807) is 0 Å². The van der Waals surface area contributed by atoms with Gasteiger partial charge in [-0.05, 0) is 19.3 Å². The lowest BCUT2D eigenvalue weighted by Gasteiger charge is -2.16. The summed E-state index contributed by atoms with van der Waals surface area (Å²) < 4.78 is 5.01. The van der Waals surface area contributed by atoms with Gasteiger partial charge in [0.15, 0.2) is 5.69 Å². The summed E-state index contributed by atoms with van der Waals surface area (Å²) in [4.78, 5) is 15.7. The number of amides is 1. The quantitative estimate of drug-likeness (QED) is 0.802. The molecule has 0 aliphatic heterocycles. The highest BCUT2D eigenvalue weighted by Crippen LogP contribution is 2.11. The Morgan fingerprint density at radius 2 is 2.47 bits per heavy atom. The van der Waals surface area contributed by atoms with Crippen LogP contribution < -0.4 is 11.1 Å². The third kappa shape index (κ3) is 3.57. The van der Waals surface area contributed by atoms with Gasteiger partial charge in [-0.2, -0.15) is 0 Å². The molecule has 5 nitrogen and oxygen atoms in total. The molecule has 0 saturated heterocycles. The lowest BCUT2D eigenvalue weighted by atomic mass is 10.0. The van der Waals surface area contributed by atoms with E-state index in [2.05, 4.69) is 16.4 Å². The van der Waals surface area contributed by atoms with E-state index in [-0.39, 0.29) is 30.9 Å². The molecule has 0 bridgehead atoms. The fraction of sp³-hybridized carbons (Fsp3) is 0.455. The van der Waals surface area contributed by atoms with Crippen molar-refractivity contribution in [3.63, 3.8) is 0 Å². The molecule has 1 aromatic heterocycles. The van der Waals surface area contributed by atoms with Gasteiger partial charge in [0.1, 0.15) is 6.26 Å². The summed E-state index contributed by atoms with van der Waals surface area (Å²) in [6.45, 7) is 0.205. The molecule has 1 aliphatic carbocycles. The van der Waals surface area contributed by atoms with Gasteiger partial charge < -0.3 is 15.5 Å². The molecule has 6 heteroatoms. The Balaban J connectivity index is 0.00000144. The second-order valence-electron chi connectivity index (χ2n) is 3.77. The fourth-order valence-electron chi connectivity index (χ4n) is 1.68. The molecule has 17 heavy (non-hydrogen) atoms. The maximum atomic E-state index is 11.7. The maximum Gasteiger partial charge on any atom is 0.273 e. The first-order valence-electron chi connectivity index (χ1n) is 5.41. The molecule has 0 radical (unpaired) electrons. The number of nitrogens with two attached hydrogens (primary N) is 1. The van der Waals surface area contributed by atoms with E-state index in [0.717, 1.165) is 19.3 Å². The first-order chi connectivity index (χ1) is 7.79. The van der Waals surface area contributed by atoms with Crippen LogP contribution in [-0.2, 0) is 6.54 Å². The molecular weight excluding hydrogens is 242 g/mol. The van der Waals surface area contributed by atoms with Gasteiger partial charge in [0.05, 0.1) is 6.54 Å². The summed E-state index contributed by atoms with van der Waals surface area (Å²) in [6, 6.07) is 0.110. The van der Waals surface area contributed by atoms with Gasteiger partial charge in [-0.1, -0.05) is 12.2 Å². The number of halogens is 1. The first-order valence-corrected chi connectivity index (χ1v) is 5.41. The monoisotopic (exact) mass is 257 g/mol. The van der Waals surface area contributed by atoms with Crippen LogP contribution in [0.5, 0.6) is 0 Å². The zero-order chi connectivity index (χ0) is 11.4. The van der Waals surface area contributed by atoms with Crippen molar-refractivity contribution in [1.82, 2.24) is 10.3 Å². The summed E-state index contributed by atoms with van der Waals surface area (Å²) >= 11 is 0. The minimum atomic E-state index is -0.208. The SMILES string of the molecule is Cl.NCc1nc(C(=O)NC2C=CCCC2)co1. The molecule has 0 spiro atoms. The number of oxazole rings is 1. The molecule has 1 aliphatic rings. The average Bonchev–Trinajstić information content (AvgIpc) is 2.79. The number of nitrogens with one attached hydrogen (secondary N) is 1. The van der Waals surface area contributed by atoms with E-state index in [4.69, 9.17) is 10.2 Å². The molecule has 1 atom stereocenters. The fourth-order valence-corrected chi connectivity index (χ4v) is 1.68. The van der Waals surface area contributed by atoms with Crippen molar-refractivity contribution in [2.75, 3.05) is 0 Å². The molecule has 0 fully saturated rings. The zero-order valence-corrected chi connectivity index (χ0v) is 10.2. The topological polar surface area (TPSA) is 81.1 Å². The van der Waals surface area contributed by atoms with Crippen LogP contribution in [0.15, 0.2) is 22.8 Å². The van der Waals surface area contributed by atoms with E-state index < -0.39 is 0 Å². The van der Waals surface area contributed by atoms with Gasteiger partial charge in [0.25, 0.3) is 5.91 Å². The normalized spacial score (nSPS) is 18.5. The lowest BCUT2D eigenvalue weighted by Crippen LogP contribution is -2.34. The highest BCUT2D eigenvalue weighted by Gasteiger charge is 2.16. The Bertz CT molecular complexity index is 403. The van der Waals surface area contributed by atoms with E-state index in [9.17, 15) is 4.79 Å². The Hall–Kier alpha value is -1.33. The van der Waals surface area contributed by atoms with Crippen LogP contribution in [0, 0.1) is 0 Å². The van der Waals surface area contributed by atoms with Gasteiger partial charge >= 0.3 is 0 Å². The summed E-state index contributed by atoms with van der Waals surface area (Å²) in [5, 5.41) is 2.88. The van der Waals surface area contributed by atoms with Crippen LogP contribution in [0.2, 0.25) is 0 Å². The molecule has 0 saturated carbocycles. The molecule has 1 aromatic rings. The standard InChI is InChI=1S/C11H15N3O2.ClH/c12-6-10-14-9(7-16-10)11(15)13-8-4-2-1-3-5-8;/h2,4,7-8H,1,3,5-6,12H2,(H,13,15);1H. The van der Waals surface area contributed by atoms with Gasteiger partial charge in [0.2, 0.25) is 5.89 Å². The molecule has 1 amide bonds. The molecule has 3 N–H and O–H groups in total. The number of aromatic nitrogens is 1. The smallest absolute Gasteiger partial charge is 0.273 e. The predicted octanol–water partition coefficient (Wildman–Crippen LogP) is 1.39. The van der Waals surface area contributed by atoms with Crippen LogP contribution in [0.1, 0.15) is 35.6 Å². The summed E-state index contributed by atoms with van der Waals surface area (Å²) in [7, 11) is 0.